The van der Waals surface area contributed by atoms with Crippen LogP contribution in [0.25, 0.3) is 0 Å². The predicted molar refractivity (Wildman–Crippen MR) is 96.5 cm³/mol. The van der Waals surface area contributed by atoms with Crippen LogP contribution in [0.3, 0.4) is 0 Å². The number of nitrogens with zero attached hydrogens (tertiary/aromatic N) is 2. The highest BCUT2D eigenvalue weighted by Gasteiger charge is 2.37. The second-order valence-electron chi connectivity index (χ2n) is 6.54. The lowest BCUT2D eigenvalue weighted by Gasteiger charge is -2.30. The van der Waals surface area contributed by atoms with Crippen LogP contribution in [0.2, 0.25) is 0 Å². The summed E-state index contributed by atoms with van der Waals surface area (Å²) in [7, 11) is 0. The van der Waals surface area contributed by atoms with Gasteiger partial charge in [0.05, 0.1) is 5.54 Å². The van der Waals surface area contributed by atoms with E-state index in [4.69, 9.17) is 0 Å². The molecular weight excluding hydrogens is 416 g/mol. The summed E-state index contributed by atoms with van der Waals surface area (Å²) in [5, 5.41) is 4.20. The molecule has 0 N–H and O–H groups in total. The Morgan fingerprint density at radius 2 is 1.57 bits per heavy atom. The predicted octanol–water partition coefficient (Wildman–Crippen LogP) is 6.77. The maximum atomic E-state index is 13.0. The molecule has 0 aliphatic rings. The van der Waals surface area contributed by atoms with Crippen LogP contribution in [0, 0.1) is 3.70 Å². The van der Waals surface area contributed by atoms with Gasteiger partial charge >= 0.3 is 6.18 Å². The van der Waals surface area contributed by atoms with E-state index in [0.29, 0.717) is 0 Å². The largest absolute Gasteiger partial charge is 0.420 e. The van der Waals surface area contributed by atoms with Crippen LogP contribution in [0.15, 0.2) is 6.20 Å². The van der Waals surface area contributed by atoms with Crippen molar-refractivity contribution in [3.05, 3.63) is 15.5 Å². The molecule has 0 saturated carbocycles. The SMILES string of the molecule is CCCCCCCC(C)(CCCC)n1cc(C(F)(F)F)c(I)n1. The zero-order valence-corrected chi connectivity index (χ0v) is 16.5. The lowest BCUT2D eigenvalue weighted by atomic mass is 9.88. The quantitative estimate of drug-likeness (QED) is 0.288. The Kier molecular flexibility index (Phi) is 8.38. The average molecular weight is 444 g/mol. The zero-order chi connectivity index (χ0) is 17.5. The van der Waals surface area contributed by atoms with E-state index in [9.17, 15) is 13.2 Å². The fraction of sp³-hybridized carbons (Fsp3) is 0.824. The van der Waals surface area contributed by atoms with E-state index in [0.717, 1.165) is 38.5 Å². The van der Waals surface area contributed by atoms with Crippen molar-refractivity contribution in [3.63, 3.8) is 0 Å². The van der Waals surface area contributed by atoms with Gasteiger partial charge in [-0.25, -0.2) is 0 Å². The van der Waals surface area contributed by atoms with Gasteiger partial charge < -0.3 is 0 Å². The van der Waals surface area contributed by atoms with Crippen LogP contribution in [0.1, 0.15) is 84.1 Å². The molecule has 6 heteroatoms. The van der Waals surface area contributed by atoms with E-state index in [1.807, 2.05) is 6.92 Å². The van der Waals surface area contributed by atoms with Crippen molar-refractivity contribution in [1.82, 2.24) is 9.78 Å². The molecule has 0 fully saturated rings. The van der Waals surface area contributed by atoms with Crippen molar-refractivity contribution in [1.29, 1.82) is 0 Å². The minimum atomic E-state index is -4.33. The molecule has 23 heavy (non-hydrogen) atoms. The van der Waals surface area contributed by atoms with Crippen molar-refractivity contribution in [2.45, 2.75) is 90.3 Å². The first-order valence-electron chi connectivity index (χ1n) is 8.57. The van der Waals surface area contributed by atoms with Gasteiger partial charge in [0.2, 0.25) is 0 Å². The van der Waals surface area contributed by atoms with E-state index >= 15 is 0 Å². The number of halogens is 4. The molecule has 0 saturated heterocycles. The van der Waals surface area contributed by atoms with E-state index in [2.05, 4.69) is 18.9 Å². The van der Waals surface area contributed by atoms with Crippen molar-refractivity contribution in [2.24, 2.45) is 0 Å². The topological polar surface area (TPSA) is 17.8 Å². The molecule has 1 unspecified atom stereocenters. The molecule has 1 rings (SSSR count). The number of rotatable bonds is 10. The molecule has 2 nitrogen and oxygen atoms in total. The van der Waals surface area contributed by atoms with Gasteiger partial charge in [0.15, 0.2) is 0 Å². The first-order valence-corrected chi connectivity index (χ1v) is 9.65. The van der Waals surface area contributed by atoms with Gasteiger partial charge in [-0.3, -0.25) is 4.68 Å². The van der Waals surface area contributed by atoms with Crippen LogP contribution in [-0.2, 0) is 11.7 Å². The molecule has 0 spiro atoms. The molecule has 1 atom stereocenters. The summed E-state index contributed by atoms with van der Waals surface area (Å²) in [6.45, 7) is 6.33. The summed E-state index contributed by atoms with van der Waals surface area (Å²) in [5.41, 5.74) is -0.946. The second-order valence-corrected chi connectivity index (χ2v) is 7.56. The zero-order valence-electron chi connectivity index (χ0n) is 14.3. The number of unbranched alkanes of at least 4 members (excludes halogenated alkanes) is 5. The smallest absolute Gasteiger partial charge is 0.265 e. The van der Waals surface area contributed by atoms with E-state index in [-0.39, 0.29) is 9.24 Å². The summed E-state index contributed by atoms with van der Waals surface area (Å²) in [4.78, 5) is 0. The molecule has 1 aromatic rings. The van der Waals surface area contributed by atoms with Crippen LogP contribution in [0.4, 0.5) is 13.2 Å². The van der Waals surface area contributed by atoms with Crippen molar-refractivity contribution < 1.29 is 13.2 Å². The van der Waals surface area contributed by atoms with Gasteiger partial charge in [0, 0.05) is 6.20 Å². The van der Waals surface area contributed by atoms with Gasteiger partial charge in [0.25, 0.3) is 0 Å². The molecular formula is C17H28F3IN2. The molecule has 1 aromatic heterocycles. The van der Waals surface area contributed by atoms with E-state index in [1.54, 1.807) is 27.3 Å². The van der Waals surface area contributed by atoms with Gasteiger partial charge in [-0.2, -0.15) is 18.3 Å². The summed E-state index contributed by atoms with van der Waals surface area (Å²) < 4.78 is 40.7. The number of aromatic nitrogens is 2. The highest BCUT2D eigenvalue weighted by Crippen LogP contribution is 2.36. The van der Waals surface area contributed by atoms with E-state index < -0.39 is 11.7 Å². The lowest BCUT2D eigenvalue weighted by Crippen LogP contribution is -2.31. The maximum Gasteiger partial charge on any atom is 0.420 e. The van der Waals surface area contributed by atoms with Crippen LogP contribution >= 0.6 is 22.6 Å². The van der Waals surface area contributed by atoms with Gasteiger partial charge in [0.1, 0.15) is 9.26 Å². The van der Waals surface area contributed by atoms with Crippen molar-refractivity contribution in [3.8, 4) is 0 Å². The Labute approximate surface area is 151 Å². The van der Waals surface area contributed by atoms with Gasteiger partial charge in [-0.15, -0.1) is 0 Å². The fourth-order valence-electron chi connectivity index (χ4n) is 2.84. The molecule has 0 radical (unpaired) electrons. The van der Waals surface area contributed by atoms with Crippen LogP contribution < -0.4 is 0 Å². The maximum absolute atomic E-state index is 13.0. The molecule has 134 valence electrons. The van der Waals surface area contributed by atoms with Crippen molar-refractivity contribution in [2.75, 3.05) is 0 Å². The minimum Gasteiger partial charge on any atom is -0.265 e. The number of alkyl halides is 3. The Balaban J connectivity index is 2.87. The normalized spacial score (nSPS) is 14.9. The minimum absolute atomic E-state index is 0.0452. The number of hydrogen-bond acceptors (Lipinski definition) is 1. The van der Waals surface area contributed by atoms with E-state index in [1.165, 1.54) is 25.5 Å². The number of hydrogen-bond donors (Lipinski definition) is 0. The third kappa shape index (κ3) is 6.27. The Hall–Kier alpha value is -0.270. The lowest BCUT2D eigenvalue weighted by molar-refractivity contribution is -0.138. The third-order valence-corrected chi connectivity index (χ3v) is 5.21. The monoisotopic (exact) mass is 444 g/mol. The highest BCUT2D eigenvalue weighted by atomic mass is 127. The molecule has 0 bridgehead atoms. The first kappa shape index (κ1) is 20.8. The Bertz CT molecular complexity index is 471. The standard InChI is InChI=1S/C17H28F3IN2/c1-4-6-8-9-10-12-16(3,11-7-5-2)23-13-14(15(21)22-23)17(18,19)20/h13H,4-12H2,1-3H3. The second kappa shape index (κ2) is 9.28. The first-order chi connectivity index (χ1) is 10.7. The molecule has 1 heterocycles. The Morgan fingerprint density at radius 3 is 2.09 bits per heavy atom. The molecule has 0 aliphatic heterocycles. The van der Waals surface area contributed by atoms with Gasteiger partial charge in [-0.1, -0.05) is 58.8 Å². The van der Waals surface area contributed by atoms with Crippen LogP contribution in [0.5, 0.6) is 0 Å². The Morgan fingerprint density at radius 1 is 1.00 bits per heavy atom. The van der Waals surface area contributed by atoms with Crippen molar-refractivity contribution >= 4 is 22.6 Å². The third-order valence-electron chi connectivity index (χ3n) is 4.42. The summed E-state index contributed by atoms with van der Waals surface area (Å²) in [5.74, 6) is 0. The van der Waals surface area contributed by atoms with Crippen LogP contribution in [-0.4, -0.2) is 9.78 Å². The molecule has 0 aromatic carbocycles. The molecule has 0 aliphatic carbocycles. The summed E-state index contributed by atoms with van der Waals surface area (Å²) in [6, 6.07) is 0. The molecule has 0 amide bonds. The average Bonchev–Trinajstić information content (AvgIpc) is 2.88. The fourth-order valence-corrected chi connectivity index (χ4v) is 3.52. The summed E-state index contributed by atoms with van der Waals surface area (Å²) in [6.07, 6.45) is 6.45. The highest BCUT2D eigenvalue weighted by molar-refractivity contribution is 14.1. The van der Waals surface area contributed by atoms with Gasteiger partial charge in [-0.05, 0) is 42.4 Å². The summed E-state index contributed by atoms with van der Waals surface area (Å²) >= 11 is 1.69.